The lowest BCUT2D eigenvalue weighted by molar-refractivity contribution is 0.0659. The Labute approximate surface area is 130 Å². The number of phenolic OH excluding ortho intramolecular Hbond substituents is 1. The third-order valence-corrected chi connectivity index (χ3v) is 4.66. The minimum absolute atomic E-state index is 0.0301. The van der Waals surface area contributed by atoms with Crippen LogP contribution in [0.5, 0.6) is 5.75 Å². The first-order valence-electron chi connectivity index (χ1n) is 7.96. The molecule has 1 amide bonds. The minimum atomic E-state index is -0.0301. The van der Waals surface area contributed by atoms with E-state index in [-0.39, 0.29) is 17.8 Å². The number of ether oxygens (including phenoxy) is 2. The van der Waals surface area contributed by atoms with E-state index in [1.165, 1.54) is 6.07 Å². The van der Waals surface area contributed by atoms with Crippen LogP contribution in [0.3, 0.4) is 0 Å². The van der Waals surface area contributed by atoms with Crippen molar-refractivity contribution in [1.82, 2.24) is 4.90 Å². The zero-order chi connectivity index (χ0) is 15.5. The second kappa shape index (κ2) is 6.67. The summed E-state index contributed by atoms with van der Waals surface area (Å²) in [6, 6.07) is 6.52. The maximum atomic E-state index is 12.5. The molecule has 0 saturated carbocycles. The van der Waals surface area contributed by atoms with Crippen molar-refractivity contribution in [1.29, 1.82) is 0 Å². The molecule has 0 aromatic heterocycles. The Bertz CT molecular complexity index is 533. The molecule has 5 heteroatoms. The highest BCUT2D eigenvalue weighted by Gasteiger charge is 2.44. The topological polar surface area (TPSA) is 59.0 Å². The molecule has 0 spiro atoms. The fraction of sp³-hybridized carbons (Fsp3) is 0.588. The van der Waals surface area contributed by atoms with Gasteiger partial charge in [0.2, 0.25) is 0 Å². The number of hydrogen-bond donors (Lipinski definition) is 1. The van der Waals surface area contributed by atoms with Crippen LogP contribution < -0.4 is 0 Å². The average molecular weight is 305 g/mol. The summed E-state index contributed by atoms with van der Waals surface area (Å²) in [6.07, 6.45) is 1.14. The molecule has 0 radical (unpaired) electrons. The van der Waals surface area contributed by atoms with Gasteiger partial charge in [0.15, 0.2) is 0 Å². The van der Waals surface area contributed by atoms with Gasteiger partial charge in [0.05, 0.1) is 12.7 Å². The Morgan fingerprint density at radius 1 is 1.45 bits per heavy atom. The molecule has 3 rings (SSSR count). The number of likely N-dealkylation sites (tertiary alicyclic amines) is 1. The summed E-state index contributed by atoms with van der Waals surface area (Å²) < 4.78 is 11.3. The summed E-state index contributed by atoms with van der Waals surface area (Å²) in [6.45, 7) is 5.65. The normalized spacial score (nSPS) is 27.1. The van der Waals surface area contributed by atoms with Gasteiger partial charge in [-0.1, -0.05) is 6.07 Å². The van der Waals surface area contributed by atoms with Crippen molar-refractivity contribution in [2.75, 3.05) is 32.9 Å². The van der Waals surface area contributed by atoms with E-state index in [0.29, 0.717) is 23.9 Å². The van der Waals surface area contributed by atoms with Crippen LogP contribution in [0, 0.1) is 11.8 Å². The third kappa shape index (κ3) is 3.10. The Hall–Kier alpha value is -1.59. The molecule has 120 valence electrons. The molecule has 2 heterocycles. The number of phenols is 1. The van der Waals surface area contributed by atoms with Crippen LogP contribution >= 0.6 is 0 Å². The van der Waals surface area contributed by atoms with Crippen LogP contribution in [0.2, 0.25) is 0 Å². The van der Waals surface area contributed by atoms with E-state index in [0.717, 1.165) is 32.8 Å². The molecule has 0 bridgehead atoms. The lowest BCUT2D eigenvalue weighted by atomic mass is 9.91. The molecule has 0 unspecified atom stereocenters. The number of carbonyl (C=O) groups excluding carboxylic acids is 1. The predicted molar refractivity (Wildman–Crippen MR) is 81.8 cm³/mol. The lowest BCUT2D eigenvalue weighted by Crippen LogP contribution is -2.31. The van der Waals surface area contributed by atoms with Crippen LogP contribution in [-0.2, 0) is 9.47 Å². The molecule has 0 aliphatic carbocycles. The first kappa shape index (κ1) is 15.3. The highest BCUT2D eigenvalue weighted by molar-refractivity contribution is 5.94. The monoisotopic (exact) mass is 305 g/mol. The summed E-state index contributed by atoms with van der Waals surface area (Å²) in [5, 5.41) is 9.52. The molecular weight excluding hydrogens is 282 g/mol. The Kier molecular flexibility index (Phi) is 4.64. The van der Waals surface area contributed by atoms with Gasteiger partial charge in [0.25, 0.3) is 5.91 Å². The summed E-state index contributed by atoms with van der Waals surface area (Å²) >= 11 is 0. The van der Waals surface area contributed by atoms with Gasteiger partial charge < -0.3 is 19.5 Å². The molecular formula is C17H23NO4. The van der Waals surface area contributed by atoms with Gasteiger partial charge in [0, 0.05) is 37.8 Å². The van der Waals surface area contributed by atoms with Crippen LogP contribution in [-0.4, -0.2) is 54.9 Å². The van der Waals surface area contributed by atoms with Crippen molar-refractivity contribution >= 4 is 5.91 Å². The molecule has 3 atom stereocenters. The maximum absolute atomic E-state index is 12.5. The van der Waals surface area contributed by atoms with Crippen molar-refractivity contribution in [3.8, 4) is 5.75 Å². The van der Waals surface area contributed by atoms with Crippen molar-refractivity contribution in [2.24, 2.45) is 11.8 Å². The third-order valence-electron chi connectivity index (χ3n) is 4.66. The first-order chi connectivity index (χ1) is 10.7. The molecule has 2 aliphatic rings. The lowest BCUT2D eigenvalue weighted by Gasteiger charge is -2.20. The van der Waals surface area contributed by atoms with E-state index in [9.17, 15) is 9.90 Å². The molecule has 2 aliphatic heterocycles. The van der Waals surface area contributed by atoms with Gasteiger partial charge in [-0.05, 0) is 37.5 Å². The molecule has 5 nitrogen and oxygen atoms in total. The number of benzene rings is 1. The van der Waals surface area contributed by atoms with Crippen molar-refractivity contribution < 1.29 is 19.4 Å². The number of aromatic hydroxyl groups is 1. The molecule has 2 saturated heterocycles. The first-order valence-corrected chi connectivity index (χ1v) is 7.96. The van der Waals surface area contributed by atoms with Crippen LogP contribution in [0.1, 0.15) is 23.7 Å². The van der Waals surface area contributed by atoms with Crippen LogP contribution in [0.4, 0.5) is 0 Å². The molecule has 22 heavy (non-hydrogen) atoms. The van der Waals surface area contributed by atoms with Gasteiger partial charge in [0.1, 0.15) is 5.75 Å². The fourth-order valence-corrected chi connectivity index (χ4v) is 3.46. The number of amides is 1. The van der Waals surface area contributed by atoms with E-state index in [1.54, 1.807) is 18.2 Å². The van der Waals surface area contributed by atoms with E-state index < -0.39 is 0 Å². The molecule has 1 aromatic carbocycles. The van der Waals surface area contributed by atoms with Crippen LogP contribution in [0.15, 0.2) is 24.3 Å². The van der Waals surface area contributed by atoms with Gasteiger partial charge in [-0.25, -0.2) is 0 Å². The summed E-state index contributed by atoms with van der Waals surface area (Å²) in [5.74, 6) is 0.966. The Morgan fingerprint density at radius 3 is 3.09 bits per heavy atom. The maximum Gasteiger partial charge on any atom is 0.254 e. The second-order valence-electron chi connectivity index (χ2n) is 6.04. The van der Waals surface area contributed by atoms with Crippen molar-refractivity contribution in [3.63, 3.8) is 0 Å². The fourth-order valence-electron chi connectivity index (χ4n) is 3.46. The number of hydrogen-bond acceptors (Lipinski definition) is 4. The SMILES string of the molecule is CCOCC[C@H]1CO[C@H]2CN(C(=O)c3cccc(O)c3)C[C@@H]12. The highest BCUT2D eigenvalue weighted by atomic mass is 16.5. The van der Waals surface area contributed by atoms with Crippen LogP contribution in [0.25, 0.3) is 0 Å². The minimum Gasteiger partial charge on any atom is -0.508 e. The van der Waals surface area contributed by atoms with Gasteiger partial charge >= 0.3 is 0 Å². The highest BCUT2D eigenvalue weighted by Crippen LogP contribution is 2.36. The number of carbonyl (C=O) groups is 1. The zero-order valence-corrected chi connectivity index (χ0v) is 12.9. The summed E-state index contributed by atoms with van der Waals surface area (Å²) in [5.41, 5.74) is 0.533. The molecule has 1 N–H and O–H groups in total. The molecule has 2 fully saturated rings. The predicted octanol–water partition coefficient (Wildman–Crippen LogP) is 1.91. The summed E-state index contributed by atoms with van der Waals surface area (Å²) in [7, 11) is 0. The second-order valence-corrected chi connectivity index (χ2v) is 6.04. The number of nitrogens with zero attached hydrogens (tertiary/aromatic N) is 1. The number of rotatable bonds is 5. The van der Waals surface area contributed by atoms with Crippen molar-refractivity contribution in [3.05, 3.63) is 29.8 Å². The van der Waals surface area contributed by atoms with E-state index >= 15 is 0 Å². The standard InChI is InChI=1S/C17H23NO4/c1-2-21-7-6-13-11-22-16-10-18(9-15(13)16)17(20)12-4-3-5-14(19)8-12/h3-5,8,13,15-16,19H,2,6-7,9-11H2,1H3/t13-,15-,16-/m0/s1. The van der Waals surface area contributed by atoms with E-state index in [2.05, 4.69) is 0 Å². The Balaban J connectivity index is 1.61. The van der Waals surface area contributed by atoms with E-state index in [4.69, 9.17) is 9.47 Å². The largest absolute Gasteiger partial charge is 0.508 e. The quantitative estimate of drug-likeness (QED) is 0.844. The average Bonchev–Trinajstić information content (AvgIpc) is 3.08. The zero-order valence-electron chi connectivity index (χ0n) is 12.9. The van der Waals surface area contributed by atoms with Gasteiger partial charge in [-0.15, -0.1) is 0 Å². The smallest absolute Gasteiger partial charge is 0.254 e. The molecule has 1 aromatic rings. The van der Waals surface area contributed by atoms with E-state index in [1.807, 2.05) is 11.8 Å². The van der Waals surface area contributed by atoms with Gasteiger partial charge in [-0.3, -0.25) is 4.79 Å². The Morgan fingerprint density at radius 2 is 2.32 bits per heavy atom. The van der Waals surface area contributed by atoms with Crippen molar-refractivity contribution in [2.45, 2.75) is 19.4 Å². The summed E-state index contributed by atoms with van der Waals surface area (Å²) in [4.78, 5) is 14.4. The van der Waals surface area contributed by atoms with Gasteiger partial charge in [-0.2, -0.15) is 0 Å². The number of fused-ring (bicyclic) bond motifs is 1.